The molecule has 2 saturated heterocycles. The minimum atomic E-state index is -0.646. The van der Waals surface area contributed by atoms with Gasteiger partial charge in [0.25, 0.3) is 11.7 Å². The van der Waals surface area contributed by atoms with Gasteiger partial charge in [0, 0.05) is 31.7 Å². The summed E-state index contributed by atoms with van der Waals surface area (Å²) in [6.07, 6.45) is 0.733. The minimum absolute atomic E-state index is 0.136. The van der Waals surface area contributed by atoms with Crippen molar-refractivity contribution in [3.8, 4) is 5.75 Å². The van der Waals surface area contributed by atoms with E-state index in [-0.39, 0.29) is 11.3 Å². The molecule has 0 bridgehead atoms. The van der Waals surface area contributed by atoms with E-state index in [9.17, 15) is 14.7 Å². The number of nitrogens with zero attached hydrogens (tertiary/aromatic N) is 2. The number of likely N-dealkylation sites (tertiary alicyclic amines) is 1. The molecule has 4 rings (SSSR count). The van der Waals surface area contributed by atoms with Crippen molar-refractivity contribution in [2.75, 3.05) is 46.0 Å². The number of carbonyl (C=O) groups is 2. The highest BCUT2D eigenvalue weighted by atomic mass is 16.5. The first-order chi connectivity index (χ1) is 17.4. The minimum Gasteiger partial charge on any atom is -0.507 e. The predicted octanol–water partition coefficient (Wildman–Crippen LogP) is 4.17. The van der Waals surface area contributed by atoms with Crippen LogP contribution < -0.4 is 4.74 Å². The van der Waals surface area contributed by atoms with Gasteiger partial charge in [0.1, 0.15) is 11.5 Å². The van der Waals surface area contributed by atoms with Crippen molar-refractivity contribution in [3.63, 3.8) is 0 Å². The lowest BCUT2D eigenvalue weighted by atomic mass is 9.94. The summed E-state index contributed by atoms with van der Waals surface area (Å²) in [4.78, 5) is 30.4. The van der Waals surface area contributed by atoms with Crippen LogP contribution in [0.1, 0.15) is 43.0 Å². The number of Topliss-reactive ketones (excluding diaryl/α,β-unsaturated/α-hetero) is 1. The summed E-state index contributed by atoms with van der Waals surface area (Å²) in [5, 5.41) is 11.4. The van der Waals surface area contributed by atoms with Gasteiger partial charge in [0.05, 0.1) is 31.4 Å². The highest BCUT2D eigenvalue weighted by Crippen LogP contribution is 2.40. The molecule has 1 N–H and O–H groups in total. The van der Waals surface area contributed by atoms with Crippen molar-refractivity contribution in [2.24, 2.45) is 5.92 Å². The second-order valence-electron chi connectivity index (χ2n) is 9.89. The Kier molecular flexibility index (Phi) is 8.44. The lowest BCUT2D eigenvalue weighted by Gasteiger charge is -2.29. The molecule has 2 aliphatic heterocycles. The molecule has 192 valence electrons. The number of hydrogen-bond donors (Lipinski definition) is 1. The van der Waals surface area contributed by atoms with Gasteiger partial charge in [-0.3, -0.25) is 14.5 Å². The average Bonchev–Trinajstić information content (AvgIpc) is 3.13. The number of amides is 1. The Morgan fingerprint density at radius 3 is 2.47 bits per heavy atom. The van der Waals surface area contributed by atoms with E-state index in [1.54, 1.807) is 17.0 Å². The van der Waals surface area contributed by atoms with Gasteiger partial charge in [-0.05, 0) is 48.6 Å². The number of aliphatic hydroxyl groups is 1. The molecular weight excluding hydrogens is 456 g/mol. The molecule has 7 heteroatoms. The quantitative estimate of drug-likeness (QED) is 0.322. The summed E-state index contributed by atoms with van der Waals surface area (Å²) >= 11 is 0. The number of ketones is 1. The maximum atomic E-state index is 13.3. The largest absolute Gasteiger partial charge is 0.507 e. The number of benzene rings is 2. The number of hydrogen-bond acceptors (Lipinski definition) is 6. The lowest BCUT2D eigenvalue weighted by molar-refractivity contribution is -0.140. The van der Waals surface area contributed by atoms with Crippen LogP contribution in [-0.2, 0) is 14.3 Å². The van der Waals surface area contributed by atoms with Crippen LogP contribution in [0.2, 0.25) is 0 Å². The number of carbonyl (C=O) groups excluding carboxylic acids is 2. The van der Waals surface area contributed by atoms with E-state index in [0.717, 1.165) is 50.4 Å². The topological polar surface area (TPSA) is 79.3 Å². The number of rotatable bonds is 9. The highest BCUT2D eigenvalue weighted by Gasteiger charge is 2.45. The SMILES string of the molecule is Cc1cc(OCC(C)C)ccc1/C(O)=C1\C(=O)C(=O)N(CCCN2CCOCC2)[C@H]1c1ccccc1. The van der Waals surface area contributed by atoms with Crippen LogP contribution >= 0.6 is 0 Å². The van der Waals surface area contributed by atoms with Crippen LogP contribution in [0, 0.1) is 12.8 Å². The smallest absolute Gasteiger partial charge is 0.295 e. The van der Waals surface area contributed by atoms with Gasteiger partial charge in [-0.25, -0.2) is 0 Å². The third-order valence-electron chi connectivity index (χ3n) is 6.67. The molecule has 2 aromatic carbocycles. The monoisotopic (exact) mass is 492 g/mol. The van der Waals surface area contributed by atoms with Crippen LogP contribution in [0.5, 0.6) is 5.75 Å². The molecule has 2 heterocycles. The highest BCUT2D eigenvalue weighted by molar-refractivity contribution is 6.46. The fourth-order valence-corrected chi connectivity index (χ4v) is 4.78. The van der Waals surface area contributed by atoms with E-state index in [2.05, 4.69) is 18.7 Å². The van der Waals surface area contributed by atoms with Crippen molar-refractivity contribution in [2.45, 2.75) is 33.2 Å². The Hall–Kier alpha value is -3.16. The summed E-state index contributed by atoms with van der Waals surface area (Å²) in [7, 11) is 0. The number of aliphatic hydroxyl groups excluding tert-OH is 1. The van der Waals surface area contributed by atoms with Crippen molar-refractivity contribution in [1.29, 1.82) is 0 Å². The molecule has 2 aliphatic rings. The molecule has 2 aromatic rings. The summed E-state index contributed by atoms with van der Waals surface area (Å²) in [5.41, 5.74) is 2.24. The van der Waals surface area contributed by atoms with E-state index in [1.165, 1.54) is 0 Å². The molecule has 0 saturated carbocycles. The third-order valence-corrected chi connectivity index (χ3v) is 6.67. The molecule has 36 heavy (non-hydrogen) atoms. The molecular formula is C29H36N2O5. The first-order valence-electron chi connectivity index (χ1n) is 12.7. The molecule has 2 fully saturated rings. The third kappa shape index (κ3) is 5.79. The van der Waals surface area contributed by atoms with E-state index in [1.807, 2.05) is 43.3 Å². The number of aryl methyl sites for hydroxylation is 1. The molecule has 0 radical (unpaired) electrons. The maximum Gasteiger partial charge on any atom is 0.295 e. The summed E-state index contributed by atoms with van der Waals surface area (Å²) in [6, 6.07) is 14.2. The first kappa shape index (κ1) is 25.9. The van der Waals surface area contributed by atoms with Gasteiger partial charge in [0.15, 0.2) is 0 Å². The average molecular weight is 493 g/mol. The van der Waals surface area contributed by atoms with Crippen molar-refractivity contribution in [1.82, 2.24) is 9.80 Å². The van der Waals surface area contributed by atoms with Gasteiger partial charge in [0.2, 0.25) is 0 Å². The van der Waals surface area contributed by atoms with E-state index >= 15 is 0 Å². The molecule has 0 unspecified atom stereocenters. The van der Waals surface area contributed by atoms with Crippen LogP contribution in [-0.4, -0.2) is 72.6 Å². The van der Waals surface area contributed by atoms with Gasteiger partial charge in [-0.15, -0.1) is 0 Å². The Labute approximate surface area is 213 Å². The van der Waals surface area contributed by atoms with Crippen LogP contribution in [0.25, 0.3) is 5.76 Å². The molecule has 0 aromatic heterocycles. The Morgan fingerprint density at radius 1 is 1.08 bits per heavy atom. The number of morpholine rings is 1. The Bertz CT molecular complexity index is 1110. The zero-order valence-corrected chi connectivity index (χ0v) is 21.4. The standard InChI is InChI=1S/C29H36N2O5/c1-20(2)19-36-23-10-11-24(21(3)18-23)27(32)25-26(22-8-5-4-6-9-22)31(29(34)28(25)33)13-7-12-30-14-16-35-17-15-30/h4-6,8-11,18,20,26,32H,7,12-17,19H2,1-3H3/b27-25+/t26-/m0/s1. The van der Waals surface area contributed by atoms with Crippen molar-refractivity contribution in [3.05, 3.63) is 70.8 Å². The molecule has 7 nitrogen and oxygen atoms in total. The number of ether oxygens (including phenoxy) is 2. The molecule has 1 amide bonds. The molecule has 1 atom stereocenters. The predicted molar refractivity (Wildman–Crippen MR) is 139 cm³/mol. The zero-order valence-electron chi connectivity index (χ0n) is 21.4. The summed E-state index contributed by atoms with van der Waals surface area (Å²) in [5.74, 6) is -0.260. The Balaban J connectivity index is 1.63. The van der Waals surface area contributed by atoms with Gasteiger partial charge >= 0.3 is 0 Å². The molecule has 0 aliphatic carbocycles. The first-order valence-corrected chi connectivity index (χ1v) is 12.7. The van der Waals surface area contributed by atoms with Crippen LogP contribution in [0.3, 0.4) is 0 Å². The summed E-state index contributed by atoms with van der Waals surface area (Å²) in [6.45, 7) is 11.1. The second kappa shape index (κ2) is 11.7. The van der Waals surface area contributed by atoms with E-state index in [4.69, 9.17) is 9.47 Å². The van der Waals surface area contributed by atoms with Crippen LogP contribution in [0.15, 0.2) is 54.1 Å². The normalized spacial score (nSPS) is 20.3. The van der Waals surface area contributed by atoms with Gasteiger partial charge in [-0.2, -0.15) is 0 Å². The van der Waals surface area contributed by atoms with E-state index < -0.39 is 17.7 Å². The summed E-state index contributed by atoms with van der Waals surface area (Å²) < 4.78 is 11.2. The fourth-order valence-electron chi connectivity index (χ4n) is 4.78. The van der Waals surface area contributed by atoms with Gasteiger partial charge < -0.3 is 19.5 Å². The Morgan fingerprint density at radius 2 is 1.81 bits per heavy atom. The molecule has 0 spiro atoms. The van der Waals surface area contributed by atoms with Gasteiger partial charge in [-0.1, -0.05) is 44.2 Å². The maximum absolute atomic E-state index is 13.3. The van der Waals surface area contributed by atoms with Crippen molar-refractivity contribution >= 4 is 17.4 Å². The van der Waals surface area contributed by atoms with Crippen LogP contribution in [0.4, 0.5) is 0 Å². The second-order valence-corrected chi connectivity index (χ2v) is 9.89. The fraction of sp³-hybridized carbons (Fsp3) is 0.448. The van der Waals surface area contributed by atoms with Crippen molar-refractivity contribution < 1.29 is 24.2 Å². The van der Waals surface area contributed by atoms with E-state index in [0.29, 0.717) is 30.4 Å². The lowest BCUT2D eigenvalue weighted by Crippen LogP contribution is -2.38. The zero-order chi connectivity index (χ0) is 25.7.